The van der Waals surface area contributed by atoms with Gasteiger partial charge in [0.25, 0.3) is 0 Å². The van der Waals surface area contributed by atoms with Crippen molar-refractivity contribution >= 4 is 10.9 Å². The van der Waals surface area contributed by atoms with E-state index in [1.807, 2.05) is 30.3 Å². The monoisotopic (exact) mass is 241 g/mol. The Balaban J connectivity index is 2.19. The second-order valence-electron chi connectivity index (χ2n) is 4.07. The van der Waals surface area contributed by atoms with Gasteiger partial charge in [0.15, 0.2) is 0 Å². The van der Waals surface area contributed by atoms with Crippen LogP contribution in [0.4, 0.5) is 8.78 Å². The number of pyridine rings is 1. The molecule has 3 heteroatoms. The molecule has 0 unspecified atom stereocenters. The number of benzene rings is 2. The van der Waals surface area contributed by atoms with Crippen molar-refractivity contribution in [3.05, 3.63) is 66.4 Å². The SMILES string of the molecule is Fc1cc(F)cc(-c2ccc3cccnc3c2)c1. The molecule has 0 saturated heterocycles. The third-order valence-corrected chi connectivity index (χ3v) is 2.80. The van der Waals surface area contributed by atoms with Crippen molar-refractivity contribution in [2.75, 3.05) is 0 Å². The predicted molar refractivity (Wildman–Crippen MR) is 67.1 cm³/mol. The molecule has 18 heavy (non-hydrogen) atoms. The van der Waals surface area contributed by atoms with Crippen LogP contribution in [0.15, 0.2) is 54.7 Å². The zero-order chi connectivity index (χ0) is 12.5. The second kappa shape index (κ2) is 4.18. The van der Waals surface area contributed by atoms with Gasteiger partial charge in [0.2, 0.25) is 0 Å². The maximum absolute atomic E-state index is 13.2. The first-order valence-electron chi connectivity index (χ1n) is 5.54. The van der Waals surface area contributed by atoms with Crippen molar-refractivity contribution in [1.29, 1.82) is 0 Å². The van der Waals surface area contributed by atoms with Gasteiger partial charge in [0.1, 0.15) is 11.6 Å². The topological polar surface area (TPSA) is 12.9 Å². The minimum Gasteiger partial charge on any atom is -0.256 e. The molecular weight excluding hydrogens is 232 g/mol. The summed E-state index contributed by atoms with van der Waals surface area (Å²) in [5.74, 6) is -1.16. The fourth-order valence-electron chi connectivity index (χ4n) is 1.97. The molecule has 0 radical (unpaired) electrons. The molecular formula is C15H9F2N. The predicted octanol–water partition coefficient (Wildman–Crippen LogP) is 4.18. The number of nitrogens with zero attached hydrogens (tertiary/aromatic N) is 1. The van der Waals surface area contributed by atoms with Crippen LogP contribution >= 0.6 is 0 Å². The van der Waals surface area contributed by atoms with E-state index in [0.29, 0.717) is 5.56 Å². The fourth-order valence-corrected chi connectivity index (χ4v) is 1.97. The lowest BCUT2D eigenvalue weighted by Gasteiger charge is -2.04. The lowest BCUT2D eigenvalue weighted by molar-refractivity contribution is 0.584. The molecule has 0 aliphatic carbocycles. The van der Waals surface area contributed by atoms with Gasteiger partial charge in [0, 0.05) is 17.6 Å². The molecule has 0 atom stereocenters. The van der Waals surface area contributed by atoms with Crippen LogP contribution in [0.25, 0.3) is 22.0 Å². The van der Waals surface area contributed by atoms with E-state index in [1.54, 1.807) is 6.20 Å². The van der Waals surface area contributed by atoms with Gasteiger partial charge in [-0.15, -0.1) is 0 Å². The lowest BCUT2D eigenvalue weighted by Crippen LogP contribution is -1.85. The Labute approximate surface area is 103 Å². The van der Waals surface area contributed by atoms with Crippen molar-refractivity contribution in [2.24, 2.45) is 0 Å². The van der Waals surface area contributed by atoms with Crippen LogP contribution in [0.3, 0.4) is 0 Å². The van der Waals surface area contributed by atoms with E-state index in [9.17, 15) is 8.78 Å². The molecule has 0 saturated carbocycles. The Bertz CT molecular complexity index is 702. The summed E-state index contributed by atoms with van der Waals surface area (Å²) in [4.78, 5) is 4.22. The molecule has 0 amide bonds. The third-order valence-electron chi connectivity index (χ3n) is 2.80. The summed E-state index contributed by atoms with van der Waals surface area (Å²) in [6.45, 7) is 0. The minimum absolute atomic E-state index is 0.514. The standard InChI is InChI=1S/C15H9F2N/c16-13-6-12(7-14(17)9-13)11-4-3-10-2-1-5-18-15(10)8-11/h1-9H. The smallest absolute Gasteiger partial charge is 0.126 e. The van der Waals surface area contributed by atoms with Crippen LogP contribution in [-0.4, -0.2) is 4.98 Å². The second-order valence-corrected chi connectivity index (χ2v) is 4.07. The summed E-state index contributed by atoms with van der Waals surface area (Å²) in [6.07, 6.45) is 1.69. The molecule has 0 aliphatic heterocycles. The molecule has 3 rings (SSSR count). The van der Waals surface area contributed by atoms with Gasteiger partial charge >= 0.3 is 0 Å². The Kier molecular flexibility index (Phi) is 2.52. The summed E-state index contributed by atoms with van der Waals surface area (Å²) in [7, 11) is 0. The quantitative estimate of drug-likeness (QED) is 0.622. The Morgan fingerprint density at radius 3 is 2.33 bits per heavy atom. The maximum atomic E-state index is 13.2. The third kappa shape index (κ3) is 1.95. The van der Waals surface area contributed by atoms with Gasteiger partial charge in [-0.25, -0.2) is 8.78 Å². The molecule has 0 spiro atoms. The molecule has 2 aromatic carbocycles. The highest BCUT2D eigenvalue weighted by Gasteiger charge is 2.04. The van der Waals surface area contributed by atoms with Crippen LogP contribution in [0.5, 0.6) is 0 Å². The number of aromatic nitrogens is 1. The first-order chi connectivity index (χ1) is 8.72. The molecule has 0 N–H and O–H groups in total. The summed E-state index contributed by atoms with van der Waals surface area (Å²) in [6, 6.07) is 12.8. The van der Waals surface area contributed by atoms with E-state index in [4.69, 9.17) is 0 Å². The van der Waals surface area contributed by atoms with E-state index in [2.05, 4.69) is 4.98 Å². The van der Waals surface area contributed by atoms with Crippen molar-refractivity contribution < 1.29 is 8.78 Å². The number of hydrogen-bond donors (Lipinski definition) is 0. The zero-order valence-corrected chi connectivity index (χ0v) is 9.40. The van der Waals surface area contributed by atoms with E-state index >= 15 is 0 Å². The summed E-state index contributed by atoms with van der Waals surface area (Å²) in [5.41, 5.74) is 2.07. The highest BCUT2D eigenvalue weighted by molar-refractivity contribution is 5.84. The summed E-state index contributed by atoms with van der Waals surface area (Å²) in [5, 5.41) is 0.998. The maximum Gasteiger partial charge on any atom is 0.126 e. The average molecular weight is 241 g/mol. The zero-order valence-electron chi connectivity index (χ0n) is 9.40. The van der Waals surface area contributed by atoms with Crippen molar-refractivity contribution in [3.63, 3.8) is 0 Å². The lowest BCUT2D eigenvalue weighted by atomic mass is 10.0. The van der Waals surface area contributed by atoms with Gasteiger partial charge in [-0.1, -0.05) is 18.2 Å². The van der Waals surface area contributed by atoms with E-state index in [0.717, 1.165) is 22.5 Å². The molecule has 1 aromatic heterocycles. The number of halogens is 2. The van der Waals surface area contributed by atoms with Gasteiger partial charge in [-0.2, -0.15) is 0 Å². The van der Waals surface area contributed by atoms with Gasteiger partial charge in [0.05, 0.1) is 5.52 Å². The van der Waals surface area contributed by atoms with Crippen LogP contribution in [0, 0.1) is 11.6 Å². The van der Waals surface area contributed by atoms with Crippen LogP contribution in [0.1, 0.15) is 0 Å². The largest absolute Gasteiger partial charge is 0.256 e. The van der Waals surface area contributed by atoms with E-state index < -0.39 is 11.6 Å². The van der Waals surface area contributed by atoms with E-state index in [1.165, 1.54) is 12.1 Å². The van der Waals surface area contributed by atoms with E-state index in [-0.39, 0.29) is 0 Å². The van der Waals surface area contributed by atoms with Crippen molar-refractivity contribution in [2.45, 2.75) is 0 Å². The molecule has 0 fully saturated rings. The first-order valence-corrected chi connectivity index (χ1v) is 5.54. The molecule has 1 nitrogen and oxygen atoms in total. The molecule has 1 heterocycles. The minimum atomic E-state index is -0.578. The molecule has 0 bridgehead atoms. The van der Waals surface area contributed by atoms with Gasteiger partial charge in [-0.3, -0.25) is 4.98 Å². The first kappa shape index (κ1) is 10.8. The van der Waals surface area contributed by atoms with Crippen molar-refractivity contribution in [1.82, 2.24) is 4.98 Å². The van der Waals surface area contributed by atoms with Gasteiger partial charge in [-0.05, 0) is 35.4 Å². The Morgan fingerprint density at radius 2 is 1.56 bits per heavy atom. The Hall–Kier alpha value is -2.29. The Morgan fingerprint density at radius 1 is 0.778 bits per heavy atom. The summed E-state index contributed by atoms with van der Waals surface area (Å²) >= 11 is 0. The van der Waals surface area contributed by atoms with Crippen LogP contribution in [-0.2, 0) is 0 Å². The van der Waals surface area contributed by atoms with Crippen LogP contribution in [0.2, 0.25) is 0 Å². The fraction of sp³-hybridized carbons (Fsp3) is 0. The highest BCUT2D eigenvalue weighted by Crippen LogP contribution is 2.24. The average Bonchev–Trinajstić information content (AvgIpc) is 2.37. The number of fused-ring (bicyclic) bond motifs is 1. The van der Waals surface area contributed by atoms with Crippen molar-refractivity contribution in [3.8, 4) is 11.1 Å². The van der Waals surface area contributed by atoms with Crippen LogP contribution < -0.4 is 0 Å². The highest BCUT2D eigenvalue weighted by atomic mass is 19.1. The number of rotatable bonds is 1. The molecule has 0 aliphatic rings. The normalized spacial score (nSPS) is 10.8. The number of hydrogen-bond acceptors (Lipinski definition) is 1. The molecule has 88 valence electrons. The summed E-state index contributed by atoms with van der Waals surface area (Å²) < 4.78 is 26.3. The molecule has 3 aromatic rings. The van der Waals surface area contributed by atoms with Gasteiger partial charge < -0.3 is 0 Å².